The average Bonchev–Trinajstić information content (AvgIpc) is 3.63. The van der Waals surface area contributed by atoms with Gasteiger partial charge in [0, 0.05) is 32.1 Å². The summed E-state index contributed by atoms with van der Waals surface area (Å²) in [7, 11) is 0. The molecule has 0 unspecified atom stereocenters. The lowest BCUT2D eigenvalue weighted by Gasteiger charge is -2.11. The zero-order valence-electron chi connectivity index (χ0n) is 22.6. The van der Waals surface area contributed by atoms with Crippen molar-refractivity contribution in [3.05, 3.63) is 106 Å². The van der Waals surface area contributed by atoms with Gasteiger partial charge in [-0.05, 0) is 73.2 Å². The number of hydrogen-bond acceptors (Lipinski definition) is 7. The van der Waals surface area contributed by atoms with Crippen molar-refractivity contribution >= 4 is 52.2 Å². The van der Waals surface area contributed by atoms with Gasteiger partial charge in [0.05, 0.1) is 18.4 Å². The number of esters is 1. The second kappa shape index (κ2) is 12.1. The first kappa shape index (κ1) is 28.1. The van der Waals surface area contributed by atoms with Crippen LogP contribution in [0.15, 0.2) is 84.0 Å². The molecule has 11 heteroatoms. The normalized spacial score (nSPS) is 12.1. The third kappa shape index (κ3) is 5.86. The minimum Gasteiger partial charge on any atom is -0.490 e. The van der Waals surface area contributed by atoms with E-state index in [-0.39, 0.29) is 18.2 Å². The monoisotopic (exact) mass is 615 g/mol. The second-order valence-corrected chi connectivity index (χ2v) is 10.2. The van der Waals surface area contributed by atoms with E-state index >= 15 is 0 Å². The van der Waals surface area contributed by atoms with Crippen molar-refractivity contribution < 1.29 is 28.5 Å². The molecule has 216 valence electrons. The van der Waals surface area contributed by atoms with E-state index in [4.69, 9.17) is 42.1 Å². The van der Waals surface area contributed by atoms with Crippen molar-refractivity contribution in [2.24, 2.45) is 5.10 Å². The number of H-pyrrole nitrogens is 1. The molecule has 0 saturated carbocycles. The van der Waals surface area contributed by atoms with Crippen molar-refractivity contribution in [1.82, 2.24) is 10.4 Å². The molecule has 0 aliphatic carbocycles. The molecule has 1 aliphatic heterocycles. The van der Waals surface area contributed by atoms with Crippen LogP contribution < -0.4 is 24.4 Å². The van der Waals surface area contributed by atoms with Crippen LogP contribution in [-0.4, -0.2) is 36.5 Å². The standard InChI is InChI=1S/C32H23Cl2N3O6/c1-2-40-27-13-18(7-11-26(27)43-32(39)19-8-12-25-28(14-19)42-17-41-25)16-35-37-31(38)30-29(21-5-3-4-6-23(21)34)22-15-20(33)9-10-24(22)36-30/h3-16,36H,2,17H2,1H3,(H,37,38). The number of aromatic nitrogens is 1. The Morgan fingerprint density at radius 1 is 0.977 bits per heavy atom. The third-order valence-corrected chi connectivity index (χ3v) is 7.15. The summed E-state index contributed by atoms with van der Waals surface area (Å²) in [6.45, 7) is 2.25. The van der Waals surface area contributed by atoms with E-state index < -0.39 is 11.9 Å². The number of carbonyl (C=O) groups is 2. The number of aromatic amines is 1. The maximum Gasteiger partial charge on any atom is 0.343 e. The summed E-state index contributed by atoms with van der Waals surface area (Å²) < 4.78 is 21.9. The summed E-state index contributed by atoms with van der Waals surface area (Å²) in [4.78, 5) is 29.3. The molecule has 0 bridgehead atoms. The number of hydrazone groups is 1. The lowest BCUT2D eigenvalue weighted by molar-refractivity contribution is 0.0727. The smallest absolute Gasteiger partial charge is 0.343 e. The third-order valence-electron chi connectivity index (χ3n) is 6.59. The van der Waals surface area contributed by atoms with E-state index in [1.54, 1.807) is 60.7 Å². The Hall–Kier alpha value is -4.99. The van der Waals surface area contributed by atoms with Gasteiger partial charge in [-0.3, -0.25) is 4.79 Å². The van der Waals surface area contributed by atoms with Crippen LogP contribution in [0.1, 0.15) is 33.3 Å². The van der Waals surface area contributed by atoms with Crippen LogP contribution in [0.3, 0.4) is 0 Å². The minimum atomic E-state index is -0.582. The van der Waals surface area contributed by atoms with Gasteiger partial charge in [-0.25, -0.2) is 10.2 Å². The molecule has 0 spiro atoms. The number of carbonyl (C=O) groups excluding carboxylic acids is 2. The average molecular weight is 616 g/mol. The molecule has 2 heterocycles. The predicted octanol–water partition coefficient (Wildman–Crippen LogP) is 7.25. The molecule has 2 N–H and O–H groups in total. The molecule has 0 fully saturated rings. The maximum atomic E-state index is 13.3. The highest BCUT2D eigenvalue weighted by Gasteiger charge is 2.22. The van der Waals surface area contributed by atoms with Crippen LogP contribution in [0.25, 0.3) is 22.0 Å². The molecule has 5 aromatic rings. The SMILES string of the molecule is CCOc1cc(C=NNC(=O)c2[nH]c3ccc(Cl)cc3c2-c2ccccc2Cl)ccc1OC(=O)c1ccc2c(c1)OCO2. The Bertz CT molecular complexity index is 1900. The second-order valence-electron chi connectivity index (χ2n) is 9.34. The van der Waals surface area contributed by atoms with Gasteiger partial charge >= 0.3 is 5.97 Å². The van der Waals surface area contributed by atoms with Gasteiger partial charge in [0.2, 0.25) is 6.79 Å². The zero-order chi connectivity index (χ0) is 29.9. The van der Waals surface area contributed by atoms with Crippen LogP contribution in [0.5, 0.6) is 23.0 Å². The van der Waals surface area contributed by atoms with Crippen LogP contribution in [-0.2, 0) is 0 Å². The van der Waals surface area contributed by atoms with E-state index in [1.807, 2.05) is 25.1 Å². The maximum absolute atomic E-state index is 13.3. The number of benzene rings is 4. The van der Waals surface area contributed by atoms with Crippen LogP contribution >= 0.6 is 23.2 Å². The predicted molar refractivity (Wildman–Crippen MR) is 164 cm³/mol. The van der Waals surface area contributed by atoms with Gasteiger partial charge in [0.25, 0.3) is 5.91 Å². The first-order chi connectivity index (χ1) is 20.9. The van der Waals surface area contributed by atoms with E-state index in [0.29, 0.717) is 56.2 Å². The quantitative estimate of drug-likeness (QED) is 0.0823. The number of hydrogen-bond donors (Lipinski definition) is 2. The van der Waals surface area contributed by atoms with Gasteiger partial charge in [0.15, 0.2) is 23.0 Å². The van der Waals surface area contributed by atoms with Crippen LogP contribution in [0.2, 0.25) is 10.0 Å². The summed E-state index contributed by atoms with van der Waals surface area (Å²) in [6.07, 6.45) is 1.46. The molecule has 43 heavy (non-hydrogen) atoms. The largest absolute Gasteiger partial charge is 0.490 e. The molecule has 0 radical (unpaired) electrons. The molecule has 0 atom stereocenters. The Kier molecular flexibility index (Phi) is 7.91. The Morgan fingerprint density at radius 2 is 1.81 bits per heavy atom. The highest BCUT2D eigenvalue weighted by atomic mass is 35.5. The Morgan fingerprint density at radius 3 is 2.65 bits per heavy atom. The number of halogens is 2. The fourth-order valence-electron chi connectivity index (χ4n) is 4.64. The summed E-state index contributed by atoms with van der Waals surface area (Å²) in [6, 6.07) is 22.3. The topological polar surface area (TPSA) is 111 Å². The summed E-state index contributed by atoms with van der Waals surface area (Å²) in [5, 5.41) is 5.91. The first-order valence-electron chi connectivity index (χ1n) is 13.2. The minimum absolute atomic E-state index is 0.102. The van der Waals surface area contributed by atoms with Crippen LogP contribution in [0, 0.1) is 0 Å². The van der Waals surface area contributed by atoms with Crippen molar-refractivity contribution in [2.45, 2.75) is 6.92 Å². The molecular formula is C32H23Cl2N3O6. The van der Waals surface area contributed by atoms with Crippen molar-refractivity contribution in [2.75, 3.05) is 13.4 Å². The van der Waals surface area contributed by atoms with Crippen LogP contribution in [0.4, 0.5) is 0 Å². The van der Waals surface area contributed by atoms with Gasteiger partial charge in [0.1, 0.15) is 5.69 Å². The van der Waals surface area contributed by atoms with Crippen molar-refractivity contribution in [1.29, 1.82) is 0 Å². The summed E-state index contributed by atoms with van der Waals surface area (Å²) in [5.41, 5.74) is 5.76. The molecule has 1 amide bonds. The number of amides is 1. The van der Waals surface area contributed by atoms with Gasteiger partial charge in [-0.2, -0.15) is 5.10 Å². The number of ether oxygens (including phenoxy) is 4. The van der Waals surface area contributed by atoms with Gasteiger partial charge in [-0.1, -0.05) is 41.4 Å². The zero-order valence-corrected chi connectivity index (χ0v) is 24.2. The Labute approximate surface area is 255 Å². The molecular weight excluding hydrogens is 593 g/mol. The molecule has 9 nitrogen and oxygen atoms in total. The number of rotatable bonds is 8. The highest BCUT2D eigenvalue weighted by molar-refractivity contribution is 6.34. The lowest BCUT2D eigenvalue weighted by atomic mass is 10.0. The van der Waals surface area contributed by atoms with Crippen molar-refractivity contribution in [3.8, 4) is 34.1 Å². The van der Waals surface area contributed by atoms with E-state index in [0.717, 1.165) is 10.9 Å². The number of nitrogens with zero attached hydrogens (tertiary/aromatic N) is 1. The Balaban J connectivity index is 1.21. The van der Waals surface area contributed by atoms with Crippen molar-refractivity contribution in [3.63, 3.8) is 0 Å². The van der Waals surface area contributed by atoms with Gasteiger partial charge < -0.3 is 23.9 Å². The fourth-order valence-corrected chi connectivity index (χ4v) is 5.04. The fraction of sp³-hybridized carbons (Fsp3) is 0.0938. The summed E-state index contributed by atoms with van der Waals surface area (Å²) in [5.74, 6) is 0.548. The number of nitrogens with one attached hydrogen (secondary N) is 2. The highest BCUT2D eigenvalue weighted by Crippen LogP contribution is 2.38. The molecule has 4 aromatic carbocycles. The molecule has 0 saturated heterocycles. The summed E-state index contributed by atoms with van der Waals surface area (Å²) >= 11 is 12.8. The van der Waals surface area contributed by atoms with E-state index in [1.165, 1.54) is 6.21 Å². The molecule has 1 aromatic heterocycles. The molecule has 1 aliphatic rings. The number of fused-ring (bicyclic) bond motifs is 2. The molecule has 6 rings (SSSR count). The van der Waals surface area contributed by atoms with E-state index in [2.05, 4.69) is 15.5 Å². The van der Waals surface area contributed by atoms with E-state index in [9.17, 15) is 9.59 Å². The lowest BCUT2D eigenvalue weighted by Crippen LogP contribution is -2.19. The van der Waals surface area contributed by atoms with Gasteiger partial charge in [-0.15, -0.1) is 0 Å². The first-order valence-corrected chi connectivity index (χ1v) is 13.9.